The van der Waals surface area contributed by atoms with Crippen LogP contribution in [-0.2, 0) is 0 Å². The first-order chi connectivity index (χ1) is 14.5. The molecular formula is C23H16Cl2FN3O. The molecule has 0 aliphatic heterocycles. The van der Waals surface area contributed by atoms with Gasteiger partial charge < -0.3 is 5.32 Å². The third-order valence-corrected chi connectivity index (χ3v) is 5.07. The van der Waals surface area contributed by atoms with Crippen LogP contribution in [0.1, 0.15) is 10.5 Å². The third kappa shape index (κ3) is 3.70. The van der Waals surface area contributed by atoms with Crippen LogP contribution in [0.15, 0.2) is 72.8 Å². The minimum absolute atomic E-state index is 0.151. The van der Waals surface area contributed by atoms with E-state index in [0.717, 1.165) is 0 Å². The van der Waals surface area contributed by atoms with Crippen molar-refractivity contribution in [2.45, 2.75) is 0 Å². The highest BCUT2D eigenvalue weighted by molar-refractivity contribution is 6.31. The molecule has 150 valence electrons. The molecule has 0 aliphatic carbocycles. The van der Waals surface area contributed by atoms with Crippen LogP contribution in [0.3, 0.4) is 0 Å². The van der Waals surface area contributed by atoms with E-state index in [1.165, 1.54) is 13.1 Å². The molecule has 4 rings (SSSR count). The molecule has 1 heterocycles. The van der Waals surface area contributed by atoms with Gasteiger partial charge in [-0.3, -0.25) is 9.36 Å². The Hall–Kier alpha value is -3.15. The maximum absolute atomic E-state index is 14.7. The van der Waals surface area contributed by atoms with Crippen molar-refractivity contribution < 1.29 is 9.18 Å². The second kappa shape index (κ2) is 8.30. The highest BCUT2D eigenvalue weighted by Gasteiger charge is 2.26. The predicted octanol–water partition coefficient (Wildman–Crippen LogP) is 6.01. The van der Waals surface area contributed by atoms with Gasteiger partial charge >= 0.3 is 0 Å². The van der Waals surface area contributed by atoms with Crippen molar-refractivity contribution in [2.24, 2.45) is 0 Å². The molecule has 0 fully saturated rings. The fourth-order valence-electron chi connectivity index (χ4n) is 3.29. The van der Waals surface area contributed by atoms with Crippen molar-refractivity contribution in [3.05, 3.63) is 94.4 Å². The van der Waals surface area contributed by atoms with E-state index in [9.17, 15) is 9.18 Å². The highest BCUT2D eigenvalue weighted by atomic mass is 35.5. The van der Waals surface area contributed by atoms with Gasteiger partial charge in [0.2, 0.25) is 0 Å². The standard InChI is InChI=1S/C23H16Cl2FN3O/c1-27-23(30)20-21(14-6-4-7-15(24)12-14)29(17-9-5-8-16(25)13-17)22(28-20)18-10-2-3-11-19(18)26/h2-13H,1H3,(H,27,30). The first-order valence-corrected chi connectivity index (χ1v) is 9.87. The van der Waals surface area contributed by atoms with Crippen molar-refractivity contribution >= 4 is 29.1 Å². The van der Waals surface area contributed by atoms with Gasteiger partial charge in [0.25, 0.3) is 5.91 Å². The van der Waals surface area contributed by atoms with Gasteiger partial charge in [-0.1, -0.05) is 53.5 Å². The van der Waals surface area contributed by atoms with Crippen LogP contribution in [0.4, 0.5) is 4.39 Å². The van der Waals surface area contributed by atoms with Crippen LogP contribution >= 0.6 is 23.2 Å². The number of carbonyl (C=O) groups excluding carboxylic acids is 1. The lowest BCUT2D eigenvalue weighted by atomic mass is 10.1. The summed E-state index contributed by atoms with van der Waals surface area (Å²) < 4.78 is 16.5. The monoisotopic (exact) mass is 439 g/mol. The van der Waals surface area contributed by atoms with Gasteiger partial charge in [0.05, 0.1) is 11.3 Å². The topological polar surface area (TPSA) is 46.9 Å². The van der Waals surface area contributed by atoms with Crippen molar-refractivity contribution in [3.63, 3.8) is 0 Å². The molecular weight excluding hydrogens is 424 g/mol. The number of hydrogen-bond acceptors (Lipinski definition) is 2. The predicted molar refractivity (Wildman–Crippen MR) is 118 cm³/mol. The zero-order valence-electron chi connectivity index (χ0n) is 15.9. The Morgan fingerprint density at radius 3 is 2.33 bits per heavy atom. The lowest BCUT2D eigenvalue weighted by Gasteiger charge is -2.14. The molecule has 30 heavy (non-hydrogen) atoms. The molecule has 0 spiro atoms. The quantitative estimate of drug-likeness (QED) is 0.423. The Bertz CT molecular complexity index is 1250. The lowest BCUT2D eigenvalue weighted by Crippen LogP contribution is -2.19. The normalized spacial score (nSPS) is 10.8. The van der Waals surface area contributed by atoms with Crippen LogP contribution < -0.4 is 5.32 Å². The fourth-order valence-corrected chi connectivity index (χ4v) is 3.66. The van der Waals surface area contributed by atoms with Gasteiger partial charge in [-0.25, -0.2) is 9.37 Å². The van der Waals surface area contributed by atoms with Crippen LogP contribution in [0.25, 0.3) is 28.3 Å². The van der Waals surface area contributed by atoms with Crippen LogP contribution in [0.2, 0.25) is 10.0 Å². The van der Waals surface area contributed by atoms with E-state index in [0.29, 0.717) is 27.0 Å². The minimum Gasteiger partial charge on any atom is -0.354 e. The molecule has 1 aromatic heterocycles. The number of imidazole rings is 1. The van der Waals surface area contributed by atoms with Gasteiger partial charge in [-0.05, 0) is 42.5 Å². The first kappa shape index (κ1) is 20.1. The Kier molecular flexibility index (Phi) is 5.57. The largest absolute Gasteiger partial charge is 0.354 e. The van der Waals surface area contributed by atoms with Crippen LogP contribution in [-0.4, -0.2) is 22.5 Å². The number of halogens is 3. The molecule has 3 aromatic carbocycles. The van der Waals surface area contributed by atoms with Crippen molar-refractivity contribution in [2.75, 3.05) is 7.05 Å². The number of nitrogens with one attached hydrogen (secondary N) is 1. The van der Waals surface area contributed by atoms with Crippen molar-refractivity contribution in [3.8, 4) is 28.3 Å². The summed E-state index contributed by atoms with van der Waals surface area (Å²) in [5.74, 6) is -0.570. The number of aromatic nitrogens is 2. The van der Waals surface area contributed by atoms with E-state index in [4.69, 9.17) is 23.2 Å². The molecule has 0 saturated carbocycles. The van der Waals surface area contributed by atoms with Crippen molar-refractivity contribution in [1.29, 1.82) is 0 Å². The van der Waals surface area contributed by atoms with E-state index >= 15 is 0 Å². The van der Waals surface area contributed by atoms with E-state index in [1.54, 1.807) is 59.2 Å². The zero-order valence-corrected chi connectivity index (χ0v) is 17.4. The molecule has 0 bridgehead atoms. The van der Waals surface area contributed by atoms with E-state index in [-0.39, 0.29) is 17.1 Å². The zero-order chi connectivity index (χ0) is 21.3. The van der Waals surface area contributed by atoms with Gasteiger partial charge in [0.15, 0.2) is 5.69 Å². The molecule has 1 amide bonds. The lowest BCUT2D eigenvalue weighted by molar-refractivity contribution is 0.0959. The summed E-state index contributed by atoms with van der Waals surface area (Å²) in [6.45, 7) is 0. The second-order valence-corrected chi connectivity index (χ2v) is 7.39. The van der Waals surface area contributed by atoms with Gasteiger partial charge in [0.1, 0.15) is 11.6 Å². The van der Waals surface area contributed by atoms with E-state index in [2.05, 4.69) is 10.3 Å². The number of carbonyl (C=O) groups is 1. The number of nitrogens with zero attached hydrogens (tertiary/aromatic N) is 2. The molecule has 4 aromatic rings. The number of benzene rings is 3. The summed E-state index contributed by atoms with van der Waals surface area (Å²) in [6, 6.07) is 20.4. The molecule has 1 N–H and O–H groups in total. The molecule has 0 saturated heterocycles. The number of rotatable bonds is 4. The Labute approximate surface area is 182 Å². The smallest absolute Gasteiger partial charge is 0.271 e. The summed E-state index contributed by atoms with van der Waals surface area (Å²) in [6.07, 6.45) is 0. The SMILES string of the molecule is CNC(=O)c1nc(-c2ccccc2F)n(-c2cccc(Cl)c2)c1-c1cccc(Cl)c1. The molecule has 0 unspecified atom stereocenters. The van der Waals surface area contributed by atoms with Crippen molar-refractivity contribution in [1.82, 2.24) is 14.9 Å². The molecule has 4 nitrogen and oxygen atoms in total. The average molecular weight is 440 g/mol. The molecule has 7 heteroatoms. The van der Waals surface area contributed by atoms with Crippen LogP contribution in [0, 0.1) is 5.82 Å². The second-order valence-electron chi connectivity index (χ2n) is 6.52. The molecule has 0 radical (unpaired) electrons. The van der Waals surface area contributed by atoms with Gasteiger partial charge in [-0.15, -0.1) is 0 Å². The summed E-state index contributed by atoms with van der Waals surface area (Å²) in [7, 11) is 1.52. The summed E-state index contributed by atoms with van der Waals surface area (Å²) >= 11 is 12.5. The molecule has 0 atom stereocenters. The minimum atomic E-state index is -0.452. The summed E-state index contributed by atoms with van der Waals surface area (Å²) in [5.41, 5.74) is 2.20. The average Bonchev–Trinajstić information content (AvgIpc) is 3.14. The third-order valence-electron chi connectivity index (χ3n) is 4.60. The van der Waals surface area contributed by atoms with E-state index < -0.39 is 11.7 Å². The number of hydrogen-bond donors (Lipinski definition) is 1. The Morgan fingerprint density at radius 2 is 1.67 bits per heavy atom. The summed E-state index contributed by atoms with van der Waals surface area (Å²) in [4.78, 5) is 17.3. The van der Waals surface area contributed by atoms with E-state index in [1.807, 2.05) is 12.1 Å². The highest BCUT2D eigenvalue weighted by Crippen LogP contribution is 2.35. The Balaban J connectivity index is 2.14. The maximum atomic E-state index is 14.7. The summed E-state index contributed by atoms with van der Waals surface area (Å²) in [5, 5.41) is 3.61. The Morgan fingerprint density at radius 1 is 0.967 bits per heavy atom. The fraction of sp³-hybridized carbons (Fsp3) is 0.0435. The number of amides is 1. The molecule has 0 aliphatic rings. The maximum Gasteiger partial charge on any atom is 0.271 e. The van der Waals surface area contributed by atoms with Gasteiger partial charge in [-0.2, -0.15) is 0 Å². The first-order valence-electron chi connectivity index (χ1n) is 9.11. The van der Waals surface area contributed by atoms with Gasteiger partial charge in [0, 0.05) is 28.3 Å². The van der Waals surface area contributed by atoms with Crippen LogP contribution in [0.5, 0.6) is 0 Å².